The number of phenols is 1. The average Bonchev–Trinajstić information content (AvgIpc) is 2.49. The summed E-state index contributed by atoms with van der Waals surface area (Å²) in [7, 11) is 0. The molecule has 0 unspecified atom stereocenters. The molecule has 1 amide bonds. The number of carbonyl (C=O) groups is 1. The Bertz CT molecular complexity index is 594. The summed E-state index contributed by atoms with van der Waals surface area (Å²) in [5.74, 6) is 0.0429. The van der Waals surface area contributed by atoms with Gasteiger partial charge in [-0.05, 0) is 30.2 Å². The van der Waals surface area contributed by atoms with Crippen LogP contribution in [0.25, 0.3) is 0 Å². The average molecular weight is 284 g/mol. The van der Waals surface area contributed by atoms with Crippen molar-refractivity contribution in [2.45, 2.75) is 19.4 Å². The van der Waals surface area contributed by atoms with Gasteiger partial charge in [-0.2, -0.15) is 0 Å². The molecule has 0 aliphatic carbocycles. The molecule has 0 saturated carbocycles. The number of nitrogens with two attached hydrogens (primary N) is 1. The maximum absolute atomic E-state index is 11.9. The molecule has 2 rings (SSSR count). The van der Waals surface area contributed by atoms with Crippen LogP contribution in [0.15, 0.2) is 48.5 Å². The van der Waals surface area contributed by atoms with Crippen molar-refractivity contribution in [3.05, 3.63) is 65.2 Å². The van der Waals surface area contributed by atoms with E-state index in [-0.39, 0.29) is 18.1 Å². The Kier molecular flexibility index (Phi) is 5.35. The highest BCUT2D eigenvalue weighted by molar-refractivity contribution is 5.79. The van der Waals surface area contributed by atoms with Crippen LogP contribution in [0, 0.1) is 0 Å². The lowest BCUT2D eigenvalue weighted by molar-refractivity contribution is -0.120. The number of benzene rings is 2. The first kappa shape index (κ1) is 15.1. The van der Waals surface area contributed by atoms with E-state index in [4.69, 9.17) is 5.73 Å². The molecular formula is C17H20N2O2. The van der Waals surface area contributed by atoms with E-state index in [0.29, 0.717) is 18.7 Å². The molecule has 0 aliphatic rings. The lowest BCUT2D eigenvalue weighted by Crippen LogP contribution is -2.24. The summed E-state index contributed by atoms with van der Waals surface area (Å²) in [6.45, 7) is 1.12. The van der Waals surface area contributed by atoms with Gasteiger partial charge in [0.05, 0.1) is 6.42 Å². The molecule has 0 atom stereocenters. The Morgan fingerprint density at radius 1 is 1.05 bits per heavy atom. The van der Waals surface area contributed by atoms with Crippen molar-refractivity contribution in [1.29, 1.82) is 0 Å². The number of para-hydroxylation sites is 1. The lowest BCUT2D eigenvalue weighted by Gasteiger charge is -2.07. The molecule has 0 aromatic heterocycles. The largest absolute Gasteiger partial charge is 0.508 e. The van der Waals surface area contributed by atoms with Gasteiger partial charge in [0.2, 0.25) is 5.91 Å². The van der Waals surface area contributed by atoms with Crippen molar-refractivity contribution in [1.82, 2.24) is 5.32 Å². The maximum Gasteiger partial charge on any atom is 0.224 e. The lowest BCUT2D eigenvalue weighted by atomic mass is 10.1. The van der Waals surface area contributed by atoms with Gasteiger partial charge < -0.3 is 16.2 Å². The van der Waals surface area contributed by atoms with Gasteiger partial charge in [0.25, 0.3) is 0 Å². The zero-order valence-corrected chi connectivity index (χ0v) is 11.9. The zero-order valence-electron chi connectivity index (χ0n) is 11.9. The molecular weight excluding hydrogens is 264 g/mol. The van der Waals surface area contributed by atoms with Gasteiger partial charge >= 0.3 is 0 Å². The van der Waals surface area contributed by atoms with Crippen LogP contribution in [0.5, 0.6) is 5.75 Å². The number of carbonyl (C=O) groups excluding carboxylic acids is 1. The number of amides is 1. The molecule has 0 spiro atoms. The topological polar surface area (TPSA) is 75.3 Å². The number of hydrogen-bond donors (Lipinski definition) is 3. The Labute approximate surface area is 124 Å². The SMILES string of the molecule is NCCc1ccc(CNC(=O)Cc2ccccc2O)cc1. The van der Waals surface area contributed by atoms with Gasteiger partial charge in [-0.25, -0.2) is 0 Å². The fourth-order valence-electron chi connectivity index (χ4n) is 2.09. The van der Waals surface area contributed by atoms with Crippen molar-refractivity contribution < 1.29 is 9.90 Å². The second-order valence-corrected chi connectivity index (χ2v) is 4.94. The van der Waals surface area contributed by atoms with E-state index in [0.717, 1.165) is 12.0 Å². The smallest absolute Gasteiger partial charge is 0.224 e. The van der Waals surface area contributed by atoms with Gasteiger partial charge in [-0.1, -0.05) is 42.5 Å². The van der Waals surface area contributed by atoms with Gasteiger partial charge in [0.15, 0.2) is 0 Å². The quantitative estimate of drug-likeness (QED) is 0.756. The Morgan fingerprint density at radius 3 is 2.38 bits per heavy atom. The summed E-state index contributed by atoms with van der Waals surface area (Å²) >= 11 is 0. The van der Waals surface area contributed by atoms with Crippen molar-refractivity contribution in [2.75, 3.05) is 6.54 Å². The van der Waals surface area contributed by atoms with Crippen LogP contribution in [-0.2, 0) is 24.2 Å². The van der Waals surface area contributed by atoms with Gasteiger partial charge in [-0.15, -0.1) is 0 Å². The molecule has 2 aromatic carbocycles. The fraction of sp³-hybridized carbons (Fsp3) is 0.235. The molecule has 0 saturated heterocycles. The number of rotatable bonds is 6. The molecule has 4 nitrogen and oxygen atoms in total. The summed E-state index contributed by atoms with van der Waals surface area (Å²) in [5, 5.41) is 12.5. The number of hydrogen-bond acceptors (Lipinski definition) is 3. The molecule has 0 radical (unpaired) electrons. The summed E-state index contributed by atoms with van der Waals surface area (Å²) in [6.07, 6.45) is 1.04. The number of aromatic hydroxyl groups is 1. The Balaban J connectivity index is 1.85. The summed E-state index contributed by atoms with van der Waals surface area (Å²) in [5.41, 5.74) is 8.38. The minimum Gasteiger partial charge on any atom is -0.508 e. The third kappa shape index (κ3) is 4.61. The minimum absolute atomic E-state index is 0.109. The fourth-order valence-corrected chi connectivity index (χ4v) is 2.09. The van der Waals surface area contributed by atoms with Gasteiger partial charge in [0.1, 0.15) is 5.75 Å². The van der Waals surface area contributed by atoms with Crippen LogP contribution in [0.1, 0.15) is 16.7 Å². The minimum atomic E-state index is -0.109. The highest BCUT2D eigenvalue weighted by atomic mass is 16.3. The maximum atomic E-state index is 11.9. The first-order valence-corrected chi connectivity index (χ1v) is 7.00. The molecule has 2 aromatic rings. The van der Waals surface area contributed by atoms with Crippen molar-refractivity contribution in [3.63, 3.8) is 0 Å². The molecule has 0 aliphatic heterocycles. The van der Waals surface area contributed by atoms with Crippen LogP contribution in [0.4, 0.5) is 0 Å². The molecule has 110 valence electrons. The van der Waals surface area contributed by atoms with Crippen LogP contribution in [-0.4, -0.2) is 17.6 Å². The summed E-state index contributed by atoms with van der Waals surface area (Å²) in [4.78, 5) is 11.9. The molecule has 21 heavy (non-hydrogen) atoms. The molecule has 4 heteroatoms. The summed E-state index contributed by atoms with van der Waals surface area (Å²) < 4.78 is 0. The third-order valence-corrected chi connectivity index (χ3v) is 3.29. The standard InChI is InChI=1S/C17H20N2O2/c18-10-9-13-5-7-14(8-6-13)12-19-17(21)11-15-3-1-2-4-16(15)20/h1-8,20H,9-12,18H2,(H,19,21). The first-order chi connectivity index (χ1) is 10.2. The van der Waals surface area contributed by atoms with Crippen LogP contribution < -0.4 is 11.1 Å². The zero-order chi connectivity index (χ0) is 15.1. The van der Waals surface area contributed by atoms with Crippen molar-refractivity contribution >= 4 is 5.91 Å². The predicted octanol–water partition coefficient (Wildman–Crippen LogP) is 1.75. The second-order valence-electron chi connectivity index (χ2n) is 4.94. The highest BCUT2D eigenvalue weighted by Gasteiger charge is 2.06. The Hall–Kier alpha value is -2.33. The van der Waals surface area contributed by atoms with Gasteiger partial charge in [-0.3, -0.25) is 4.79 Å². The van der Waals surface area contributed by atoms with E-state index in [9.17, 15) is 9.90 Å². The highest BCUT2D eigenvalue weighted by Crippen LogP contribution is 2.15. The normalized spacial score (nSPS) is 10.3. The van der Waals surface area contributed by atoms with Gasteiger partial charge in [0, 0.05) is 12.1 Å². The van der Waals surface area contributed by atoms with E-state index in [1.807, 2.05) is 24.3 Å². The van der Waals surface area contributed by atoms with E-state index in [1.54, 1.807) is 24.3 Å². The molecule has 0 heterocycles. The number of phenolic OH excluding ortho intramolecular Hbond substituents is 1. The van der Waals surface area contributed by atoms with Crippen LogP contribution >= 0.6 is 0 Å². The number of nitrogens with one attached hydrogen (secondary N) is 1. The van der Waals surface area contributed by atoms with Crippen LogP contribution in [0.2, 0.25) is 0 Å². The van der Waals surface area contributed by atoms with Crippen LogP contribution in [0.3, 0.4) is 0 Å². The van der Waals surface area contributed by atoms with E-state index < -0.39 is 0 Å². The van der Waals surface area contributed by atoms with E-state index >= 15 is 0 Å². The van der Waals surface area contributed by atoms with Crippen molar-refractivity contribution in [2.24, 2.45) is 5.73 Å². The Morgan fingerprint density at radius 2 is 1.71 bits per heavy atom. The predicted molar refractivity (Wildman–Crippen MR) is 82.9 cm³/mol. The monoisotopic (exact) mass is 284 g/mol. The molecule has 4 N–H and O–H groups in total. The first-order valence-electron chi connectivity index (χ1n) is 7.00. The second kappa shape index (κ2) is 7.45. The van der Waals surface area contributed by atoms with Crippen molar-refractivity contribution in [3.8, 4) is 5.75 Å². The van der Waals surface area contributed by atoms with E-state index in [2.05, 4.69) is 5.32 Å². The molecule has 0 bridgehead atoms. The van der Waals surface area contributed by atoms with E-state index in [1.165, 1.54) is 5.56 Å². The molecule has 0 fully saturated rings. The third-order valence-electron chi connectivity index (χ3n) is 3.29. The summed E-state index contributed by atoms with van der Waals surface area (Å²) in [6, 6.07) is 14.9.